The molecule has 2 aromatic carbocycles. The van der Waals surface area contributed by atoms with Crippen LogP contribution >= 0.6 is 0 Å². The third kappa shape index (κ3) is 3.73. The lowest BCUT2D eigenvalue weighted by atomic mass is 10.0. The lowest BCUT2D eigenvalue weighted by Gasteiger charge is -2.14. The third-order valence-electron chi connectivity index (χ3n) is 4.90. The van der Waals surface area contributed by atoms with Crippen molar-refractivity contribution in [3.05, 3.63) is 103 Å². The van der Waals surface area contributed by atoms with Gasteiger partial charge in [-0.15, -0.1) is 0 Å². The van der Waals surface area contributed by atoms with E-state index in [4.69, 9.17) is 4.74 Å². The molecule has 0 unspecified atom stereocenters. The second-order valence-electron chi connectivity index (χ2n) is 6.96. The Balaban J connectivity index is 1.55. The Morgan fingerprint density at radius 3 is 2.63 bits per heavy atom. The first-order valence-corrected chi connectivity index (χ1v) is 9.77. The molecule has 0 radical (unpaired) electrons. The van der Waals surface area contributed by atoms with Gasteiger partial charge < -0.3 is 15.0 Å². The van der Waals surface area contributed by atoms with Gasteiger partial charge in [0.05, 0.1) is 23.8 Å². The summed E-state index contributed by atoms with van der Waals surface area (Å²) in [6, 6.07) is 24.3. The molecule has 0 saturated carbocycles. The number of anilines is 2. The van der Waals surface area contributed by atoms with Gasteiger partial charge in [-0.25, -0.2) is 4.98 Å². The SMILES string of the molecule is c1ccc(COc2ncc(Nc3cccnc3)cc2-c2cccc3[nH]ccc23)cc1. The molecule has 0 aliphatic rings. The number of nitrogens with one attached hydrogen (secondary N) is 2. The summed E-state index contributed by atoms with van der Waals surface area (Å²) in [6.45, 7) is 0.458. The van der Waals surface area contributed by atoms with Gasteiger partial charge >= 0.3 is 0 Å². The van der Waals surface area contributed by atoms with Crippen molar-refractivity contribution >= 4 is 22.3 Å². The number of nitrogens with zero attached hydrogens (tertiary/aromatic N) is 2. The van der Waals surface area contributed by atoms with Crippen molar-refractivity contribution in [2.45, 2.75) is 6.61 Å². The molecule has 0 bridgehead atoms. The van der Waals surface area contributed by atoms with E-state index in [9.17, 15) is 0 Å². The summed E-state index contributed by atoms with van der Waals surface area (Å²) < 4.78 is 6.15. The van der Waals surface area contributed by atoms with E-state index in [1.165, 1.54) is 0 Å². The lowest BCUT2D eigenvalue weighted by Crippen LogP contribution is -2.01. The summed E-state index contributed by atoms with van der Waals surface area (Å²) in [4.78, 5) is 12.1. The second-order valence-corrected chi connectivity index (χ2v) is 6.96. The quantitative estimate of drug-likeness (QED) is 0.375. The Labute approximate surface area is 174 Å². The Morgan fingerprint density at radius 1 is 0.833 bits per heavy atom. The highest BCUT2D eigenvalue weighted by Crippen LogP contribution is 2.36. The van der Waals surface area contributed by atoms with Crippen LogP contribution in [-0.2, 0) is 6.61 Å². The van der Waals surface area contributed by atoms with Crippen LogP contribution in [0.3, 0.4) is 0 Å². The largest absolute Gasteiger partial charge is 0.472 e. The van der Waals surface area contributed by atoms with Crippen LogP contribution in [0.15, 0.2) is 97.6 Å². The van der Waals surface area contributed by atoms with E-state index in [0.717, 1.165) is 39.0 Å². The molecule has 5 aromatic rings. The molecule has 3 heterocycles. The number of rotatable bonds is 6. The van der Waals surface area contributed by atoms with Gasteiger partial charge in [0, 0.05) is 28.9 Å². The number of ether oxygens (including phenoxy) is 1. The van der Waals surface area contributed by atoms with Crippen LogP contribution in [0.5, 0.6) is 5.88 Å². The maximum Gasteiger partial charge on any atom is 0.221 e. The Kier molecular flexibility index (Phi) is 4.84. The Morgan fingerprint density at radius 2 is 1.77 bits per heavy atom. The number of hydrogen-bond acceptors (Lipinski definition) is 4. The van der Waals surface area contributed by atoms with E-state index in [2.05, 4.69) is 44.5 Å². The molecule has 5 nitrogen and oxygen atoms in total. The van der Waals surface area contributed by atoms with E-state index in [-0.39, 0.29) is 0 Å². The molecule has 0 atom stereocenters. The topological polar surface area (TPSA) is 62.8 Å². The number of aromatic nitrogens is 3. The van der Waals surface area contributed by atoms with Gasteiger partial charge in [0.2, 0.25) is 5.88 Å². The fourth-order valence-electron chi connectivity index (χ4n) is 3.48. The number of H-pyrrole nitrogens is 1. The fourth-order valence-corrected chi connectivity index (χ4v) is 3.48. The average molecular weight is 392 g/mol. The smallest absolute Gasteiger partial charge is 0.221 e. The Bertz CT molecular complexity index is 1270. The molecule has 0 aliphatic heterocycles. The molecular formula is C25H20N4O. The molecule has 146 valence electrons. The molecule has 0 fully saturated rings. The van der Waals surface area contributed by atoms with Crippen molar-refractivity contribution in [2.24, 2.45) is 0 Å². The Hall–Kier alpha value is -4.12. The molecule has 0 amide bonds. The summed E-state index contributed by atoms with van der Waals surface area (Å²) in [5.41, 5.74) is 5.96. The van der Waals surface area contributed by atoms with Crippen molar-refractivity contribution in [1.82, 2.24) is 15.0 Å². The number of pyridine rings is 2. The molecule has 0 saturated heterocycles. The van der Waals surface area contributed by atoms with E-state index in [1.54, 1.807) is 18.6 Å². The predicted molar refractivity (Wildman–Crippen MR) is 120 cm³/mol. The molecular weight excluding hydrogens is 372 g/mol. The molecule has 0 spiro atoms. The normalized spacial score (nSPS) is 10.8. The molecule has 5 heteroatoms. The van der Waals surface area contributed by atoms with Crippen LogP contribution in [0.1, 0.15) is 5.56 Å². The zero-order valence-electron chi connectivity index (χ0n) is 16.2. The minimum absolute atomic E-state index is 0.458. The van der Waals surface area contributed by atoms with Crippen LogP contribution in [0.4, 0.5) is 11.4 Å². The van der Waals surface area contributed by atoms with Gasteiger partial charge in [-0.2, -0.15) is 0 Å². The highest BCUT2D eigenvalue weighted by molar-refractivity contribution is 5.96. The minimum atomic E-state index is 0.458. The number of fused-ring (bicyclic) bond motifs is 1. The van der Waals surface area contributed by atoms with Gasteiger partial charge in [-0.1, -0.05) is 42.5 Å². The first-order chi connectivity index (χ1) is 14.9. The van der Waals surface area contributed by atoms with Crippen LogP contribution in [0.2, 0.25) is 0 Å². The summed E-state index contributed by atoms with van der Waals surface area (Å²) in [5, 5.41) is 4.50. The van der Waals surface area contributed by atoms with Crippen molar-refractivity contribution in [3.8, 4) is 17.0 Å². The molecule has 30 heavy (non-hydrogen) atoms. The first kappa shape index (κ1) is 17.9. The van der Waals surface area contributed by atoms with Crippen molar-refractivity contribution in [1.29, 1.82) is 0 Å². The van der Waals surface area contributed by atoms with Gasteiger partial charge in [0.1, 0.15) is 6.61 Å². The van der Waals surface area contributed by atoms with Crippen molar-refractivity contribution in [3.63, 3.8) is 0 Å². The highest BCUT2D eigenvalue weighted by Gasteiger charge is 2.13. The summed E-state index contributed by atoms with van der Waals surface area (Å²) in [5.74, 6) is 0.601. The molecule has 3 aromatic heterocycles. The number of aromatic amines is 1. The molecule has 2 N–H and O–H groups in total. The predicted octanol–water partition coefficient (Wildman–Crippen LogP) is 5.95. The number of hydrogen-bond donors (Lipinski definition) is 2. The maximum atomic E-state index is 6.15. The maximum absolute atomic E-state index is 6.15. The first-order valence-electron chi connectivity index (χ1n) is 9.77. The van der Waals surface area contributed by atoms with E-state index in [0.29, 0.717) is 12.5 Å². The zero-order chi connectivity index (χ0) is 20.2. The summed E-state index contributed by atoms with van der Waals surface area (Å²) in [6.07, 6.45) is 7.27. The monoisotopic (exact) mass is 392 g/mol. The van der Waals surface area contributed by atoms with Crippen LogP contribution < -0.4 is 10.1 Å². The van der Waals surface area contributed by atoms with Crippen molar-refractivity contribution < 1.29 is 4.74 Å². The van der Waals surface area contributed by atoms with Crippen LogP contribution in [-0.4, -0.2) is 15.0 Å². The van der Waals surface area contributed by atoms with Crippen LogP contribution in [0, 0.1) is 0 Å². The average Bonchev–Trinajstić information content (AvgIpc) is 3.29. The summed E-state index contributed by atoms with van der Waals surface area (Å²) >= 11 is 0. The standard InChI is InChI=1S/C25H20N4O/c1-2-6-18(7-3-1)17-30-25-23(21-9-4-10-24-22(21)11-13-27-24)14-20(16-28-25)29-19-8-5-12-26-15-19/h1-16,27,29H,17H2. The van der Waals surface area contributed by atoms with E-state index >= 15 is 0 Å². The third-order valence-corrected chi connectivity index (χ3v) is 4.90. The van der Waals surface area contributed by atoms with E-state index < -0.39 is 0 Å². The minimum Gasteiger partial charge on any atom is -0.472 e. The second kappa shape index (κ2) is 8.09. The van der Waals surface area contributed by atoms with E-state index in [1.807, 2.05) is 54.7 Å². The summed E-state index contributed by atoms with van der Waals surface area (Å²) in [7, 11) is 0. The molecule has 0 aliphatic carbocycles. The van der Waals surface area contributed by atoms with Gasteiger partial charge in [-0.05, 0) is 41.5 Å². The van der Waals surface area contributed by atoms with Crippen LogP contribution in [0.25, 0.3) is 22.0 Å². The van der Waals surface area contributed by atoms with Gasteiger partial charge in [0.15, 0.2) is 0 Å². The highest BCUT2D eigenvalue weighted by atomic mass is 16.5. The number of benzene rings is 2. The van der Waals surface area contributed by atoms with Gasteiger partial charge in [-0.3, -0.25) is 4.98 Å². The molecule has 5 rings (SSSR count). The fraction of sp³-hybridized carbons (Fsp3) is 0.0400. The zero-order valence-corrected chi connectivity index (χ0v) is 16.2. The van der Waals surface area contributed by atoms with Crippen molar-refractivity contribution in [2.75, 3.05) is 5.32 Å². The van der Waals surface area contributed by atoms with Gasteiger partial charge in [0.25, 0.3) is 0 Å². The lowest BCUT2D eigenvalue weighted by molar-refractivity contribution is 0.295.